The van der Waals surface area contributed by atoms with E-state index in [0.29, 0.717) is 5.16 Å². The van der Waals surface area contributed by atoms with Crippen LogP contribution in [-0.2, 0) is 4.79 Å². The number of carbonyl (C=O) groups excluding carboxylic acids is 1. The van der Waals surface area contributed by atoms with Crippen molar-refractivity contribution >= 4 is 34.1 Å². The molecule has 0 atom stereocenters. The summed E-state index contributed by atoms with van der Waals surface area (Å²) in [5, 5.41) is 13.2. The van der Waals surface area contributed by atoms with Crippen LogP contribution in [0.1, 0.15) is 0 Å². The minimum Gasteiger partial charge on any atom is -0.335 e. The Kier molecular flexibility index (Phi) is 4.94. The van der Waals surface area contributed by atoms with E-state index in [1.165, 1.54) is 10.7 Å². The van der Waals surface area contributed by atoms with Gasteiger partial charge in [0.2, 0.25) is 11.1 Å². The molecule has 0 spiro atoms. The number of anilines is 1. The van der Waals surface area contributed by atoms with Crippen molar-refractivity contribution in [3.63, 3.8) is 0 Å². The largest absolute Gasteiger partial charge is 0.335 e. The fraction of sp³-hybridized carbons (Fsp3) is 0.0500. The van der Waals surface area contributed by atoms with E-state index in [2.05, 4.69) is 15.5 Å². The second-order valence-corrected chi connectivity index (χ2v) is 6.96. The molecule has 8 heteroatoms. The number of amides is 1. The van der Waals surface area contributed by atoms with Crippen molar-refractivity contribution in [3.05, 3.63) is 72.5 Å². The van der Waals surface area contributed by atoms with Crippen LogP contribution < -0.4 is 11.2 Å². The summed E-state index contributed by atoms with van der Waals surface area (Å²) in [6, 6.07) is 19.7. The van der Waals surface area contributed by atoms with Gasteiger partial charge < -0.3 is 11.2 Å². The summed E-state index contributed by atoms with van der Waals surface area (Å²) >= 11 is 1.13. The summed E-state index contributed by atoms with van der Waals surface area (Å²) in [6.07, 6.45) is 0. The van der Waals surface area contributed by atoms with Crippen LogP contribution >= 0.6 is 11.8 Å². The molecule has 0 unspecified atom stereocenters. The topological polar surface area (TPSA) is 85.8 Å². The van der Waals surface area contributed by atoms with Crippen molar-refractivity contribution in [1.82, 2.24) is 14.9 Å². The number of fused-ring (bicyclic) bond motifs is 1. The number of nitrogens with one attached hydrogen (secondary N) is 1. The van der Waals surface area contributed by atoms with Gasteiger partial charge in [0, 0.05) is 11.1 Å². The first-order valence-electron chi connectivity index (χ1n) is 8.49. The van der Waals surface area contributed by atoms with Crippen LogP contribution in [-0.4, -0.2) is 26.5 Å². The molecule has 0 aliphatic carbocycles. The Labute approximate surface area is 164 Å². The number of thioether (sulfide) groups is 1. The van der Waals surface area contributed by atoms with Crippen LogP contribution in [0.2, 0.25) is 0 Å². The number of hydrogen-bond acceptors (Lipinski definition) is 5. The maximum absolute atomic E-state index is 13.9. The molecule has 3 aromatic carbocycles. The van der Waals surface area contributed by atoms with Crippen LogP contribution in [0.3, 0.4) is 0 Å². The molecule has 4 rings (SSSR count). The number of halogens is 1. The smallest absolute Gasteiger partial charge is 0.234 e. The second kappa shape index (κ2) is 7.69. The molecule has 0 saturated carbocycles. The lowest BCUT2D eigenvalue weighted by atomic mass is 10.1. The monoisotopic (exact) mass is 393 g/mol. The Morgan fingerprint density at radius 3 is 2.64 bits per heavy atom. The number of aromatic nitrogens is 3. The number of nitrogens with zero attached hydrogens (tertiary/aromatic N) is 3. The van der Waals surface area contributed by atoms with E-state index in [0.717, 1.165) is 28.2 Å². The molecule has 0 bridgehead atoms. The van der Waals surface area contributed by atoms with E-state index in [1.807, 2.05) is 42.5 Å². The molecule has 6 nitrogen and oxygen atoms in total. The molecule has 1 heterocycles. The van der Waals surface area contributed by atoms with Gasteiger partial charge in [-0.05, 0) is 23.6 Å². The first-order valence-corrected chi connectivity index (χ1v) is 9.48. The normalized spacial score (nSPS) is 10.9. The Balaban J connectivity index is 1.46. The quantitative estimate of drug-likeness (QED) is 0.399. The maximum atomic E-state index is 13.9. The van der Waals surface area contributed by atoms with Crippen molar-refractivity contribution in [1.29, 1.82) is 0 Å². The van der Waals surface area contributed by atoms with Gasteiger partial charge in [-0.3, -0.25) is 4.79 Å². The summed E-state index contributed by atoms with van der Waals surface area (Å²) in [7, 11) is 0. The number of carbonyl (C=O) groups is 1. The van der Waals surface area contributed by atoms with E-state index < -0.39 is 5.82 Å². The SMILES string of the molecule is Nn1c(SCC(=O)Nc2cccc3ccccc23)nnc1-c1ccccc1F. The zero-order chi connectivity index (χ0) is 19.5. The van der Waals surface area contributed by atoms with Crippen molar-refractivity contribution in [3.8, 4) is 11.4 Å². The average Bonchev–Trinajstić information content (AvgIpc) is 3.07. The van der Waals surface area contributed by atoms with Crippen molar-refractivity contribution < 1.29 is 9.18 Å². The Morgan fingerprint density at radius 2 is 1.79 bits per heavy atom. The van der Waals surface area contributed by atoms with E-state index in [9.17, 15) is 9.18 Å². The van der Waals surface area contributed by atoms with E-state index in [-0.39, 0.29) is 23.0 Å². The third-order valence-electron chi connectivity index (χ3n) is 4.18. The Bertz CT molecular complexity index is 1160. The highest BCUT2D eigenvalue weighted by Gasteiger charge is 2.16. The zero-order valence-corrected chi connectivity index (χ0v) is 15.5. The number of hydrogen-bond donors (Lipinski definition) is 2. The van der Waals surface area contributed by atoms with Gasteiger partial charge in [-0.25, -0.2) is 9.07 Å². The Hall–Kier alpha value is -3.39. The molecule has 3 N–H and O–H groups in total. The molecule has 28 heavy (non-hydrogen) atoms. The van der Waals surface area contributed by atoms with Crippen LogP contribution in [0.5, 0.6) is 0 Å². The van der Waals surface area contributed by atoms with Gasteiger partial charge in [0.1, 0.15) is 5.82 Å². The Morgan fingerprint density at radius 1 is 1.04 bits per heavy atom. The minimum absolute atomic E-state index is 0.0931. The summed E-state index contributed by atoms with van der Waals surface area (Å²) in [5.41, 5.74) is 0.995. The summed E-state index contributed by atoms with van der Waals surface area (Å²) in [4.78, 5) is 12.4. The fourth-order valence-corrected chi connectivity index (χ4v) is 3.51. The molecule has 140 valence electrons. The predicted molar refractivity (Wildman–Crippen MR) is 109 cm³/mol. The summed E-state index contributed by atoms with van der Waals surface area (Å²) in [5.74, 6) is 5.65. The van der Waals surface area contributed by atoms with Gasteiger partial charge in [-0.2, -0.15) is 0 Å². The highest BCUT2D eigenvalue weighted by atomic mass is 32.2. The number of benzene rings is 3. The van der Waals surface area contributed by atoms with Crippen molar-refractivity contribution in [2.24, 2.45) is 0 Å². The fourth-order valence-electron chi connectivity index (χ4n) is 2.85. The van der Waals surface area contributed by atoms with Crippen LogP contribution in [0.4, 0.5) is 10.1 Å². The van der Waals surface area contributed by atoms with Gasteiger partial charge in [-0.1, -0.05) is 60.3 Å². The lowest BCUT2D eigenvalue weighted by Gasteiger charge is -2.08. The summed E-state index contributed by atoms with van der Waals surface area (Å²) < 4.78 is 15.1. The molecule has 1 aromatic heterocycles. The standard InChI is InChI=1S/C20H16FN5OS/c21-16-10-4-3-9-15(16)19-24-25-20(26(19)22)28-12-18(27)23-17-11-5-7-13-6-1-2-8-14(13)17/h1-11H,12,22H2,(H,23,27). The molecular formula is C20H16FN5OS. The molecule has 0 aliphatic rings. The van der Waals surface area contributed by atoms with Crippen molar-refractivity contribution in [2.45, 2.75) is 5.16 Å². The molecule has 0 aliphatic heterocycles. The number of nitrogens with two attached hydrogens (primary N) is 1. The third kappa shape index (κ3) is 3.54. The number of nitrogen functional groups attached to an aromatic ring is 1. The van der Waals surface area contributed by atoms with Crippen LogP contribution in [0.25, 0.3) is 22.2 Å². The van der Waals surface area contributed by atoms with Gasteiger partial charge in [0.15, 0.2) is 5.82 Å². The van der Waals surface area contributed by atoms with Crippen LogP contribution in [0, 0.1) is 5.82 Å². The lowest BCUT2D eigenvalue weighted by molar-refractivity contribution is -0.113. The van der Waals surface area contributed by atoms with Gasteiger partial charge >= 0.3 is 0 Å². The molecule has 1 amide bonds. The predicted octanol–water partition coefficient (Wildman–Crippen LogP) is 3.68. The maximum Gasteiger partial charge on any atom is 0.234 e. The first-order chi connectivity index (χ1) is 13.6. The van der Waals surface area contributed by atoms with E-state index >= 15 is 0 Å². The molecule has 0 fully saturated rings. The summed E-state index contributed by atoms with van der Waals surface area (Å²) in [6.45, 7) is 0. The molecule has 0 radical (unpaired) electrons. The molecule has 0 saturated heterocycles. The van der Waals surface area contributed by atoms with Gasteiger partial charge in [0.25, 0.3) is 0 Å². The zero-order valence-electron chi connectivity index (χ0n) is 14.7. The minimum atomic E-state index is -0.438. The number of rotatable bonds is 5. The van der Waals surface area contributed by atoms with Gasteiger partial charge in [0.05, 0.1) is 11.3 Å². The van der Waals surface area contributed by atoms with Crippen molar-refractivity contribution in [2.75, 3.05) is 16.9 Å². The molecular weight excluding hydrogens is 377 g/mol. The highest BCUT2D eigenvalue weighted by molar-refractivity contribution is 7.99. The average molecular weight is 393 g/mol. The van der Waals surface area contributed by atoms with E-state index in [4.69, 9.17) is 5.84 Å². The van der Waals surface area contributed by atoms with E-state index in [1.54, 1.807) is 18.2 Å². The van der Waals surface area contributed by atoms with Gasteiger partial charge in [-0.15, -0.1) is 10.2 Å². The highest BCUT2D eigenvalue weighted by Crippen LogP contribution is 2.25. The van der Waals surface area contributed by atoms with Crippen LogP contribution in [0.15, 0.2) is 71.9 Å². The lowest BCUT2D eigenvalue weighted by Crippen LogP contribution is -2.16. The third-order valence-corrected chi connectivity index (χ3v) is 5.12. The first kappa shape index (κ1) is 18.0. The molecule has 4 aromatic rings. The second-order valence-electron chi connectivity index (χ2n) is 6.02.